The number of nitrogens with zero attached hydrogens (tertiary/aromatic N) is 4. The Morgan fingerprint density at radius 3 is 2.50 bits per heavy atom. The molecule has 0 fully saturated rings. The van der Waals surface area contributed by atoms with Gasteiger partial charge in [-0.3, -0.25) is 4.90 Å². The fourth-order valence-corrected chi connectivity index (χ4v) is 2.24. The van der Waals surface area contributed by atoms with Crippen LogP contribution in [0.25, 0.3) is 0 Å². The van der Waals surface area contributed by atoms with Gasteiger partial charge in [-0.1, -0.05) is 28.1 Å². The van der Waals surface area contributed by atoms with E-state index in [1.54, 1.807) is 0 Å². The number of hydrogen-bond acceptors (Lipinski definition) is 4. The molecule has 1 atom stereocenters. The number of halogens is 1. The third-order valence-corrected chi connectivity index (χ3v) is 3.86. The van der Waals surface area contributed by atoms with Crippen LogP contribution in [0.2, 0.25) is 0 Å². The summed E-state index contributed by atoms with van der Waals surface area (Å²) < 4.78 is 2.97. The predicted molar refractivity (Wildman–Crippen MR) is 81.2 cm³/mol. The number of aromatic nitrogens is 3. The highest BCUT2D eigenvalue weighted by Gasteiger charge is 2.13. The number of likely N-dealkylation sites (N-methyl/N-ethyl adjacent to an activating group) is 1. The van der Waals surface area contributed by atoms with E-state index in [1.807, 2.05) is 54.8 Å². The molecule has 1 N–H and O–H groups in total. The topological polar surface area (TPSA) is 54.2 Å². The molecule has 0 amide bonds. The molecule has 0 aliphatic heterocycles. The van der Waals surface area contributed by atoms with Crippen LogP contribution in [-0.4, -0.2) is 38.4 Å². The van der Waals surface area contributed by atoms with E-state index in [9.17, 15) is 5.11 Å². The summed E-state index contributed by atoms with van der Waals surface area (Å²) in [7, 11) is 3.91. The summed E-state index contributed by atoms with van der Waals surface area (Å²) in [4.78, 5) is 2.04. The van der Waals surface area contributed by atoms with Crippen molar-refractivity contribution < 1.29 is 5.11 Å². The number of hydrogen-bond donors (Lipinski definition) is 1. The molecule has 1 unspecified atom stereocenters. The highest BCUT2D eigenvalue weighted by molar-refractivity contribution is 9.10. The van der Waals surface area contributed by atoms with E-state index in [0.717, 1.165) is 21.7 Å². The third-order valence-electron chi connectivity index (χ3n) is 3.33. The van der Waals surface area contributed by atoms with Crippen molar-refractivity contribution in [2.24, 2.45) is 7.05 Å². The fraction of sp³-hybridized carbons (Fsp3) is 0.429. The van der Waals surface area contributed by atoms with Gasteiger partial charge in [0.25, 0.3) is 0 Å². The first-order valence-electron chi connectivity index (χ1n) is 6.44. The maximum Gasteiger partial charge on any atom is 0.146 e. The molecule has 2 rings (SSSR count). The van der Waals surface area contributed by atoms with Crippen molar-refractivity contribution in [3.05, 3.63) is 46.0 Å². The van der Waals surface area contributed by atoms with E-state index >= 15 is 0 Å². The molecule has 0 saturated carbocycles. The predicted octanol–water partition coefficient (Wildman–Crippen LogP) is 2.05. The average molecular weight is 339 g/mol. The van der Waals surface area contributed by atoms with Crippen molar-refractivity contribution in [1.29, 1.82) is 0 Å². The molecular weight excluding hydrogens is 320 g/mol. The van der Waals surface area contributed by atoms with Gasteiger partial charge in [0.05, 0.1) is 12.6 Å². The van der Waals surface area contributed by atoms with Crippen LogP contribution in [0.4, 0.5) is 0 Å². The summed E-state index contributed by atoms with van der Waals surface area (Å²) in [6.45, 7) is 3.13. The lowest BCUT2D eigenvalue weighted by Crippen LogP contribution is -2.25. The first-order chi connectivity index (χ1) is 9.47. The Balaban J connectivity index is 1.95. The van der Waals surface area contributed by atoms with E-state index in [2.05, 4.69) is 26.1 Å². The quantitative estimate of drug-likeness (QED) is 0.906. The van der Waals surface area contributed by atoms with Gasteiger partial charge in [-0.25, -0.2) is 0 Å². The smallest absolute Gasteiger partial charge is 0.146 e. The molecule has 1 aromatic heterocycles. The van der Waals surface area contributed by atoms with Crippen molar-refractivity contribution >= 4 is 15.9 Å². The Kier molecular flexibility index (Phi) is 4.91. The maximum atomic E-state index is 10.2. The second-order valence-corrected chi connectivity index (χ2v) is 5.90. The normalized spacial score (nSPS) is 12.9. The summed E-state index contributed by atoms with van der Waals surface area (Å²) in [6.07, 6.45) is -0.512. The maximum absolute atomic E-state index is 10.2. The van der Waals surface area contributed by atoms with Gasteiger partial charge in [0, 0.05) is 18.1 Å². The largest absolute Gasteiger partial charge is 0.387 e. The first-order valence-corrected chi connectivity index (χ1v) is 7.23. The van der Waals surface area contributed by atoms with Gasteiger partial charge in [0.1, 0.15) is 11.6 Å². The van der Waals surface area contributed by atoms with Crippen LogP contribution in [0.15, 0.2) is 28.7 Å². The molecule has 0 aliphatic carbocycles. The Hall–Kier alpha value is -1.24. The van der Waals surface area contributed by atoms with Crippen LogP contribution < -0.4 is 0 Å². The van der Waals surface area contributed by atoms with Crippen molar-refractivity contribution in [2.45, 2.75) is 19.6 Å². The molecule has 6 heteroatoms. The van der Waals surface area contributed by atoms with E-state index in [4.69, 9.17) is 0 Å². The Morgan fingerprint density at radius 1 is 1.30 bits per heavy atom. The molecule has 108 valence electrons. The summed E-state index contributed by atoms with van der Waals surface area (Å²) in [5, 5.41) is 18.4. The highest BCUT2D eigenvalue weighted by Crippen LogP contribution is 2.18. The minimum absolute atomic E-state index is 0.512. The van der Waals surface area contributed by atoms with E-state index in [1.165, 1.54) is 0 Å². The third kappa shape index (κ3) is 3.65. The molecular formula is C14H19BrN4O. The van der Waals surface area contributed by atoms with Crippen LogP contribution in [-0.2, 0) is 13.6 Å². The molecule has 2 aromatic rings. The Morgan fingerprint density at radius 2 is 1.95 bits per heavy atom. The second-order valence-electron chi connectivity index (χ2n) is 4.99. The van der Waals surface area contributed by atoms with Gasteiger partial charge in [0.2, 0.25) is 0 Å². The van der Waals surface area contributed by atoms with Crippen LogP contribution in [0.5, 0.6) is 0 Å². The molecule has 1 heterocycles. The van der Waals surface area contributed by atoms with Gasteiger partial charge in [0.15, 0.2) is 0 Å². The molecule has 0 bridgehead atoms. The van der Waals surface area contributed by atoms with Crippen molar-refractivity contribution in [2.75, 3.05) is 13.6 Å². The zero-order valence-electron chi connectivity index (χ0n) is 11.9. The molecule has 0 spiro atoms. The fourth-order valence-electron chi connectivity index (χ4n) is 1.98. The van der Waals surface area contributed by atoms with Crippen molar-refractivity contribution in [3.63, 3.8) is 0 Å². The molecule has 0 saturated heterocycles. The van der Waals surface area contributed by atoms with Gasteiger partial charge >= 0.3 is 0 Å². The second kappa shape index (κ2) is 6.47. The number of aliphatic hydroxyl groups is 1. The molecule has 1 aromatic carbocycles. The lowest BCUT2D eigenvalue weighted by Gasteiger charge is -2.20. The lowest BCUT2D eigenvalue weighted by molar-refractivity contribution is 0.122. The molecule has 5 nitrogen and oxygen atoms in total. The standard InChI is InChI=1S/C14H19BrN4O/c1-10-16-17-14(19(10)3)9-18(2)8-13(20)11-4-6-12(15)7-5-11/h4-7,13,20H,8-9H2,1-3H3. The summed E-state index contributed by atoms with van der Waals surface area (Å²) in [5.74, 6) is 1.79. The lowest BCUT2D eigenvalue weighted by atomic mass is 10.1. The van der Waals surface area contributed by atoms with Crippen LogP contribution in [0.3, 0.4) is 0 Å². The van der Waals surface area contributed by atoms with E-state index in [0.29, 0.717) is 13.1 Å². The van der Waals surface area contributed by atoms with Crippen LogP contribution in [0.1, 0.15) is 23.3 Å². The SMILES string of the molecule is Cc1nnc(CN(C)CC(O)c2ccc(Br)cc2)n1C. The number of aryl methyl sites for hydroxylation is 1. The van der Waals surface area contributed by atoms with E-state index < -0.39 is 6.10 Å². The number of rotatable bonds is 5. The number of aliphatic hydroxyl groups excluding tert-OH is 1. The number of benzene rings is 1. The Labute approximate surface area is 127 Å². The zero-order valence-corrected chi connectivity index (χ0v) is 13.5. The molecule has 0 radical (unpaired) electrons. The van der Waals surface area contributed by atoms with E-state index in [-0.39, 0.29) is 0 Å². The first kappa shape index (κ1) is 15.2. The highest BCUT2D eigenvalue weighted by atomic mass is 79.9. The van der Waals surface area contributed by atoms with Crippen molar-refractivity contribution in [1.82, 2.24) is 19.7 Å². The minimum Gasteiger partial charge on any atom is -0.387 e. The van der Waals surface area contributed by atoms with Gasteiger partial charge in [-0.2, -0.15) is 0 Å². The Bertz CT molecular complexity index is 567. The van der Waals surface area contributed by atoms with Crippen LogP contribution in [0, 0.1) is 6.92 Å². The monoisotopic (exact) mass is 338 g/mol. The van der Waals surface area contributed by atoms with Gasteiger partial charge in [-0.05, 0) is 31.7 Å². The minimum atomic E-state index is -0.512. The zero-order chi connectivity index (χ0) is 14.7. The average Bonchev–Trinajstić information content (AvgIpc) is 2.71. The summed E-state index contributed by atoms with van der Waals surface area (Å²) >= 11 is 3.39. The molecule has 0 aliphatic rings. The summed E-state index contributed by atoms with van der Waals surface area (Å²) in [6, 6.07) is 7.72. The van der Waals surface area contributed by atoms with Crippen LogP contribution >= 0.6 is 15.9 Å². The molecule has 20 heavy (non-hydrogen) atoms. The van der Waals surface area contributed by atoms with Gasteiger partial charge < -0.3 is 9.67 Å². The summed E-state index contributed by atoms with van der Waals surface area (Å²) in [5.41, 5.74) is 0.911. The van der Waals surface area contributed by atoms with Crippen molar-refractivity contribution in [3.8, 4) is 0 Å². The van der Waals surface area contributed by atoms with Gasteiger partial charge in [-0.15, -0.1) is 10.2 Å².